The quantitative estimate of drug-likeness (QED) is 0.409. The average molecular weight is 442 g/mol. The molecule has 0 saturated heterocycles. The maximum absolute atomic E-state index is 12.9. The van der Waals surface area contributed by atoms with Gasteiger partial charge >= 0.3 is 6.18 Å². The van der Waals surface area contributed by atoms with E-state index in [-0.39, 0.29) is 16.9 Å². The van der Waals surface area contributed by atoms with Crippen LogP contribution < -0.4 is 5.32 Å². The zero-order chi connectivity index (χ0) is 22.5. The van der Waals surface area contributed by atoms with Crippen LogP contribution in [0.5, 0.6) is 0 Å². The number of likely N-dealkylation sites (N-methyl/N-ethyl adjacent to an activating group) is 1. The van der Waals surface area contributed by atoms with Crippen LogP contribution in [0.25, 0.3) is 6.08 Å². The fourth-order valence-electron chi connectivity index (χ4n) is 2.40. The van der Waals surface area contributed by atoms with E-state index in [1.165, 1.54) is 37.4 Å². The lowest BCUT2D eigenvalue weighted by molar-refractivity contribution is -0.385. The molecule has 0 spiro atoms. The molecule has 0 aromatic heterocycles. The molecule has 7 nitrogen and oxygen atoms in total. The highest BCUT2D eigenvalue weighted by molar-refractivity contribution is 6.31. The minimum Gasteiger partial charge on any atom is -0.333 e. The summed E-state index contributed by atoms with van der Waals surface area (Å²) >= 11 is 5.52. The second-order valence-electron chi connectivity index (χ2n) is 6.08. The second kappa shape index (κ2) is 9.40. The minimum absolute atomic E-state index is 0.131. The predicted octanol–water partition coefficient (Wildman–Crippen LogP) is 4.38. The van der Waals surface area contributed by atoms with Crippen LogP contribution in [0, 0.1) is 10.1 Å². The smallest absolute Gasteiger partial charge is 0.333 e. The molecular weight excluding hydrogens is 427 g/mol. The maximum Gasteiger partial charge on any atom is 0.417 e. The van der Waals surface area contributed by atoms with Gasteiger partial charge in [-0.3, -0.25) is 19.7 Å². The Hall–Kier alpha value is -3.40. The van der Waals surface area contributed by atoms with Crippen LogP contribution >= 0.6 is 11.6 Å². The highest BCUT2D eigenvalue weighted by Crippen LogP contribution is 2.36. The van der Waals surface area contributed by atoms with Crippen molar-refractivity contribution in [1.29, 1.82) is 0 Å². The molecule has 0 aliphatic heterocycles. The number of rotatable bonds is 6. The van der Waals surface area contributed by atoms with Crippen LogP contribution in [-0.4, -0.2) is 35.2 Å². The van der Waals surface area contributed by atoms with Crippen molar-refractivity contribution in [3.05, 3.63) is 74.8 Å². The molecule has 11 heteroatoms. The van der Waals surface area contributed by atoms with Gasteiger partial charge in [-0.25, -0.2) is 0 Å². The van der Waals surface area contributed by atoms with Crippen LogP contribution in [0.3, 0.4) is 0 Å². The minimum atomic E-state index is -4.69. The van der Waals surface area contributed by atoms with E-state index >= 15 is 0 Å². The lowest BCUT2D eigenvalue weighted by Crippen LogP contribution is -2.33. The Kier molecular flexibility index (Phi) is 7.17. The normalized spacial score (nSPS) is 11.4. The van der Waals surface area contributed by atoms with Crippen LogP contribution in [0.15, 0.2) is 48.5 Å². The third kappa shape index (κ3) is 6.05. The first-order valence-corrected chi connectivity index (χ1v) is 8.70. The molecule has 158 valence electrons. The third-order valence-corrected chi connectivity index (χ3v) is 4.18. The molecule has 0 fully saturated rings. The van der Waals surface area contributed by atoms with Crippen LogP contribution in [0.1, 0.15) is 11.1 Å². The van der Waals surface area contributed by atoms with Gasteiger partial charge in [0.15, 0.2) is 0 Å². The van der Waals surface area contributed by atoms with E-state index in [4.69, 9.17) is 11.6 Å². The first-order valence-electron chi connectivity index (χ1n) is 8.32. The lowest BCUT2D eigenvalue weighted by Gasteiger charge is -2.16. The molecule has 2 rings (SSSR count). The molecule has 0 aliphatic rings. The third-order valence-electron chi connectivity index (χ3n) is 3.85. The van der Waals surface area contributed by atoms with E-state index in [9.17, 15) is 32.9 Å². The summed E-state index contributed by atoms with van der Waals surface area (Å²) in [5.41, 5.74) is -1.22. The summed E-state index contributed by atoms with van der Waals surface area (Å²) in [7, 11) is 1.30. The number of amides is 2. The van der Waals surface area contributed by atoms with Crippen molar-refractivity contribution in [2.24, 2.45) is 0 Å². The predicted molar refractivity (Wildman–Crippen MR) is 105 cm³/mol. The van der Waals surface area contributed by atoms with Gasteiger partial charge in [0.05, 0.1) is 27.6 Å². The Bertz CT molecular complexity index is 1010. The summed E-state index contributed by atoms with van der Waals surface area (Å²) in [6.07, 6.45) is -2.39. The van der Waals surface area contributed by atoms with Crippen molar-refractivity contribution in [2.45, 2.75) is 6.18 Å². The molecule has 30 heavy (non-hydrogen) atoms. The number of carbonyl (C=O) groups is 2. The van der Waals surface area contributed by atoms with E-state index in [2.05, 4.69) is 5.32 Å². The van der Waals surface area contributed by atoms with Crippen molar-refractivity contribution in [3.63, 3.8) is 0 Å². The number of para-hydroxylation sites is 1. The van der Waals surface area contributed by atoms with Crippen molar-refractivity contribution >= 4 is 40.9 Å². The SMILES string of the molecule is CN(CC(=O)Nc1ccc(Cl)c(C(F)(F)F)c1)C(=O)C=Cc1ccccc1[N+](=O)[O-]. The monoisotopic (exact) mass is 441 g/mol. The van der Waals surface area contributed by atoms with Crippen LogP contribution in [0.4, 0.5) is 24.5 Å². The van der Waals surface area contributed by atoms with Gasteiger partial charge in [-0.1, -0.05) is 23.7 Å². The first kappa shape index (κ1) is 22.9. The molecule has 0 aliphatic carbocycles. The molecule has 0 unspecified atom stereocenters. The highest BCUT2D eigenvalue weighted by atomic mass is 35.5. The van der Waals surface area contributed by atoms with Gasteiger partial charge in [0.1, 0.15) is 0 Å². The average Bonchev–Trinajstić information content (AvgIpc) is 2.66. The Morgan fingerprint density at radius 1 is 1.23 bits per heavy atom. The largest absolute Gasteiger partial charge is 0.417 e. The number of halogens is 4. The van der Waals surface area contributed by atoms with Crippen LogP contribution in [0.2, 0.25) is 5.02 Å². The number of hydrogen-bond donors (Lipinski definition) is 1. The Balaban J connectivity index is 2.02. The molecule has 2 aromatic rings. The molecule has 0 heterocycles. The van der Waals surface area contributed by atoms with E-state index in [0.29, 0.717) is 6.07 Å². The second-order valence-corrected chi connectivity index (χ2v) is 6.49. The van der Waals surface area contributed by atoms with Gasteiger partial charge in [0.2, 0.25) is 11.8 Å². The number of alkyl halides is 3. The van der Waals surface area contributed by atoms with Crippen molar-refractivity contribution in [3.8, 4) is 0 Å². The number of anilines is 1. The van der Waals surface area contributed by atoms with Gasteiger partial charge < -0.3 is 10.2 Å². The highest BCUT2D eigenvalue weighted by Gasteiger charge is 2.33. The van der Waals surface area contributed by atoms with Crippen LogP contribution in [-0.2, 0) is 15.8 Å². The number of hydrogen-bond acceptors (Lipinski definition) is 4. The Morgan fingerprint density at radius 2 is 1.90 bits per heavy atom. The van der Waals surface area contributed by atoms with E-state index in [1.807, 2.05) is 0 Å². The topological polar surface area (TPSA) is 92.6 Å². The van der Waals surface area contributed by atoms with Crippen molar-refractivity contribution in [1.82, 2.24) is 4.90 Å². The van der Waals surface area contributed by atoms with Gasteiger partial charge in [-0.15, -0.1) is 0 Å². The summed E-state index contributed by atoms with van der Waals surface area (Å²) in [6.45, 7) is -0.454. The number of nitro groups is 1. The van der Waals surface area contributed by atoms with Crippen molar-refractivity contribution < 1.29 is 27.7 Å². The molecule has 1 N–H and O–H groups in total. The van der Waals surface area contributed by atoms with E-state index in [1.54, 1.807) is 6.07 Å². The zero-order valence-corrected chi connectivity index (χ0v) is 16.2. The summed E-state index contributed by atoms with van der Waals surface area (Å²) in [6, 6.07) is 8.67. The summed E-state index contributed by atoms with van der Waals surface area (Å²) in [5, 5.41) is 12.7. The lowest BCUT2D eigenvalue weighted by atomic mass is 10.1. The molecule has 2 aromatic carbocycles. The molecular formula is C19H15ClF3N3O4. The first-order chi connectivity index (χ1) is 14.0. The number of nitrogens with zero attached hydrogens (tertiary/aromatic N) is 2. The fraction of sp³-hybridized carbons (Fsp3) is 0.158. The Morgan fingerprint density at radius 3 is 2.53 bits per heavy atom. The molecule has 0 atom stereocenters. The summed E-state index contributed by atoms with van der Waals surface area (Å²) in [5.74, 6) is -1.37. The molecule has 0 radical (unpaired) electrons. The number of carbonyl (C=O) groups excluding carboxylic acids is 2. The van der Waals surface area contributed by atoms with Crippen molar-refractivity contribution in [2.75, 3.05) is 18.9 Å². The fourth-order valence-corrected chi connectivity index (χ4v) is 2.62. The maximum atomic E-state index is 12.9. The van der Waals surface area contributed by atoms with E-state index in [0.717, 1.165) is 17.0 Å². The molecule has 0 bridgehead atoms. The number of nitro benzene ring substituents is 1. The van der Waals surface area contributed by atoms with Gasteiger partial charge in [-0.05, 0) is 30.3 Å². The summed E-state index contributed by atoms with van der Waals surface area (Å²) < 4.78 is 38.7. The summed E-state index contributed by atoms with van der Waals surface area (Å²) in [4.78, 5) is 35.6. The van der Waals surface area contributed by atoms with E-state index < -0.39 is 40.0 Å². The molecule has 0 saturated carbocycles. The molecule has 2 amide bonds. The zero-order valence-electron chi connectivity index (χ0n) is 15.4. The number of benzene rings is 2. The number of nitrogens with one attached hydrogen (secondary N) is 1. The standard InChI is InChI=1S/C19H15ClF3N3O4/c1-25(18(28)9-6-12-4-2-3-5-16(12)26(29)30)11-17(27)24-13-7-8-15(20)14(10-13)19(21,22)23/h2-10H,11H2,1H3,(H,24,27). The Labute approximate surface area is 173 Å². The van der Waals surface area contributed by atoms with Gasteiger partial charge in [0.25, 0.3) is 5.69 Å². The van der Waals surface area contributed by atoms with Gasteiger partial charge in [-0.2, -0.15) is 13.2 Å². The van der Waals surface area contributed by atoms with Gasteiger partial charge in [0, 0.05) is 24.9 Å².